The van der Waals surface area contributed by atoms with Crippen molar-refractivity contribution < 1.29 is 19.4 Å². The number of rotatable bonds is 1. The van der Waals surface area contributed by atoms with E-state index in [2.05, 4.69) is 0 Å². The van der Waals surface area contributed by atoms with E-state index >= 15 is 0 Å². The Bertz CT molecular complexity index is 643. The number of fused-ring (bicyclic) bond motifs is 2. The number of carbonyl (C=O) groups excluding carboxylic acids is 1. The van der Waals surface area contributed by atoms with Gasteiger partial charge >= 0.3 is 5.97 Å². The molecular weight excluding hydrogens is 270 g/mol. The smallest absolute Gasteiger partial charge is 0.316 e. The van der Waals surface area contributed by atoms with Crippen molar-refractivity contribution in [2.24, 2.45) is 11.8 Å². The minimum absolute atomic E-state index is 0.0659. The van der Waals surface area contributed by atoms with Crippen molar-refractivity contribution in [1.82, 2.24) is 4.90 Å². The molecule has 1 saturated carbocycles. The number of hydrogen-bond donors (Lipinski definition) is 1. The molecule has 4 atom stereocenters. The van der Waals surface area contributed by atoms with Gasteiger partial charge in [0, 0.05) is 25.3 Å². The molecule has 21 heavy (non-hydrogen) atoms. The molecule has 4 rings (SSSR count). The van der Waals surface area contributed by atoms with E-state index in [0.717, 1.165) is 30.6 Å². The summed E-state index contributed by atoms with van der Waals surface area (Å²) in [6.07, 6.45) is 2.64. The molecule has 110 valence electrons. The summed E-state index contributed by atoms with van der Waals surface area (Å²) in [5.41, 5.74) is 0.219. The molecule has 0 spiro atoms. The molecular formula is C16H17NO4. The first-order chi connectivity index (χ1) is 10.1. The third-order valence-corrected chi connectivity index (χ3v) is 5.42. The lowest BCUT2D eigenvalue weighted by Gasteiger charge is -2.55. The average Bonchev–Trinajstić information content (AvgIpc) is 2.89. The van der Waals surface area contributed by atoms with Crippen LogP contribution in [0.5, 0.6) is 5.75 Å². The molecule has 1 aliphatic carbocycles. The van der Waals surface area contributed by atoms with Crippen LogP contribution in [0.2, 0.25) is 0 Å². The second kappa shape index (κ2) is 4.00. The van der Waals surface area contributed by atoms with Crippen LogP contribution in [0.25, 0.3) is 0 Å². The number of nitrogens with zero attached hydrogens (tertiary/aromatic N) is 1. The lowest BCUT2D eigenvalue weighted by atomic mass is 9.67. The van der Waals surface area contributed by atoms with Gasteiger partial charge in [-0.05, 0) is 24.5 Å². The van der Waals surface area contributed by atoms with Gasteiger partial charge in [-0.3, -0.25) is 9.59 Å². The first-order valence-electron chi connectivity index (χ1n) is 7.35. The summed E-state index contributed by atoms with van der Waals surface area (Å²) in [7, 11) is 1.68. The number of carboxylic acid groups (broad SMARTS) is 1. The maximum absolute atomic E-state index is 12.6. The highest BCUT2D eigenvalue weighted by molar-refractivity contribution is 5.99. The molecule has 2 fully saturated rings. The summed E-state index contributed by atoms with van der Waals surface area (Å²) in [6, 6.07) is 7.54. The third kappa shape index (κ3) is 1.41. The lowest BCUT2D eigenvalue weighted by molar-refractivity contribution is -0.189. The summed E-state index contributed by atoms with van der Waals surface area (Å²) in [5.74, 6) is -1.86. The van der Waals surface area contributed by atoms with E-state index in [1.54, 1.807) is 11.9 Å². The van der Waals surface area contributed by atoms with Gasteiger partial charge in [-0.2, -0.15) is 0 Å². The van der Waals surface area contributed by atoms with Crippen LogP contribution in [0.1, 0.15) is 30.7 Å². The fourth-order valence-electron chi connectivity index (χ4n) is 4.53. The number of piperidine rings is 1. The molecule has 3 aliphatic rings. The molecule has 1 N–H and O–H groups in total. The minimum atomic E-state index is -1.03. The van der Waals surface area contributed by atoms with E-state index in [9.17, 15) is 14.7 Å². The van der Waals surface area contributed by atoms with E-state index in [-0.39, 0.29) is 17.7 Å². The zero-order chi connectivity index (χ0) is 14.8. The van der Waals surface area contributed by atoms with Crippen molar-refractivity contribution in [2.75, 3.05) is 7.05 Å². The number of carboxylic acids is 1. The van der Waals surface area contributed by atoms with Crippen LogP contribution >= 0.6 is 0 Å². The molecule has 1 saturated heterocycles. The lowest BCUT2D eigenvalue weighted by Crippen LogP contribution is -2.66. The molecule has 2 bridgehead atoms. The van der Waals surface area contributed by atoms with Crippen molar-refractivity contribution in [3.8, 4) is 5.75 Å². The molecule has 2 aliphatic heterocycles. The molecule has 5 heteroatoms. The largest absolute Gasteiger partial charge is 0.481 e. The Morgan fingerprint density at radius 3 is 2.95 bits per heavy atom. The topological polar surface area (TPSA) is 66.8 Å². The van der Waals surface area contributed by atoms with E-state index in [1.807, 2.05) is 24.3 Å². The second-order valence-corrected chi connectivity index (χ2v) is 6.22. The predicted octanol–water partition coefficient (Wildman–Crippen LogP) is 1.83. The van der Waals surface area contributed by atoms with E-state index in [1.165, 1.54) is 0 Å². The van der Waals surface area contributed by atoms with Crippen LogP contribution < -0.4 is 4.74 Å². The number of likely N-dealkylation sites (tertiary alicyclic amines) is 1. The van der Waals surface area contributed by atoms with E-state index < -0.39 is 17.6 Å². The van der Waals surface area contributed by atoms with Crippen LogP contribution in [0.15, 0.2) is 24.3 Å². The fraction of sp³-hybridized carbons (Fsp3) is 0.500. The standard InChI is InChI=1S/C16H17NO4/c1-17-14(18)13(15(19)20)12-9-5-2-3-7-11(9)21-16(17)8-4-6-10(12)16/h2-3,5,7,10,12-13H,4,6,8H2,1H3,(H,19,20). The highest BCUT2D eigenvalue weighted by Crippen LogP contribution is 2.59. The maximum atomic E-state index is 12.6. The first-order valence-corrected chi connectivity index (χ1v) is 7.35. The number of hydrogen-bond acceptors (Lipinski definition) is 3. The van der Waals surface area contributed by atoms with E-state index in [4.69, 9.17) is 4.74 Å². The number of amides is 1. The molecule has 2 heterocycles. The Morgan fingerprint density at radius 1 is 1.43 bits per heavy atom. The van der Waals surface area contributed by atoms with Crippen molar-refractivity contribution in [2.45, 2.75) is 30.9 Å². The van der Waals surface area contributed by atoms with Gasteiger partial charge in [0.2, 0.25) is 5.91 Å². The molecule has 0 radical (unpaired) electrons. The van der Waals surface area contributed by atoms with Gasteiger partial charge in [-0.15, -0.1) is 0 Å². The van der Waals surface area contributed by atoms with Gasteiger partial charge < -0.3 is 14.7 Å². The zero-order valence-corrected chi connectivity index (χ0v) is 11.8. The summed E-state index contributed by atoms with van der Waals surface area (Å²) in [5, 5.41) is 9.59. The Morgan fingerprint density at radius 2 is 2.19 bits per heavy atom. The number of carbonyl (C=O) groups is 2. The monoisotopic (exact) mass is 287 g/mol. The van der Waals surface area contributed by atoms with Crippen molar-refractivity contribution in [1.29, 1.82) is 0 Å². The van der Waals surface area contributed by atoms with Gasteiger partial charge in [0.15, 0.2) is 5.72 Å². The average molecular weight is 287 g/mol. The summed E-state index contributed by atoms with van der Waals surface area (Å²) < 4.78 is 6.24. The van der Waals surface area contributed by atoms with Gasteiger partial charge in [0.05, 0.1) is 0 Å². The molecule has 0 aromatic heterocycles. The van der Waals surface area contributed by atoms with Crippen LogP contribution in [0.3, 0.4) is 0 Å². The molecule has 1 aromatic carbocycles. The normalized spacial score (nSPS) is 36.7. The fourth-order valence-corrected chi connectivity index (χ4v) is 4.53. The Labute approximate surface area is 122 Å². The van der Waals surface area contributed by atoms with Crippen molar-refractivity contribution >= 4 is 11.9 Å². The highest BCUT2D eigenvalue weighted by atomic mass is 16.5. The maximum Gasteiger partial charge on any atom is 0.316 e. The SMILES string of the molecule is CN1C(=O)C(C(=O)O)C2c3ccccc3OC13CCCC23. The van der Waals surface area contributed by atoms with Gasteiger partial charge in [-0.25, -0.2) is 0 Å². The number of benzene rings is 1. The van der Waals surface area contributed by atoms with Crippen LogP contribution in [0, 0.1) is 11.8 Å². The van der Waals surface area contributed by atoms with Crippen molar-refractivity contribution in [3.05, 3.63) is 29.8 Å². The Hall–Kier alpha value is -2.04. The van der Waals surface area contributed by atoms with E-state index in [0.29, 0.717) is 0 Å². The third-order valence-electron chi connectivity index (χ3n) is 5.42. The van der Waals surface area contributed by atoms with Crippen molar-refractivity contribution in [3.63, 3.8) is 0 Å². The molecule has 1 amide bonds. The second-order valence-electron chi connectivity index (χ2n) is 6.22. The molecule has 4 unspecified atom stereocenters. The Kier molecular flexibility index (Phi) is 2.41. The quantitative estimate of drug-likeness (QED) is 0.800. The van der Waals surface area contributed by atoms with Crippen LogP contribution in [-0.4, -0.2) is 34.7 Å². The van der Waals surface area contributed by atoms with Gasteiger partial charge in [0.25, 0.3) is 0 Å². The number of para-hydroxylation sites is 1. The first kappa shape index (κ1) is 12.7. The highest BCUT2D eigenvalue weighted by Gasteiger charge is 2.64. The summed E-state index contributed by atoms with van der Waals surface area (Å²) in [4.78, 5) is 25.9. The predicted molar refractivity (Wildman–Crippen MR) is 73.8 cm³/mol. The molecule has 5 nitrogen and oxygen atoms in total. The number of aliphatic carboxylic acids is 1. The zero-order valence-electron chi connectivity index (χ0n) is 11.8. The van der Waals surface area contributed by atoms with Gasteiger partial charge in [0.1, 0.15) is 11.7 Å². The van der Waals surface area contributed by atoms with Crippen LogP contribution in [-0.2, 0) is 9.59 Å². The summed E-state index contributed by atoms with van der Waals surface area (Å²) in [6.45, 7) is 0. The van der Waals surface area contributed by atoms with Gasteiger partial charge in [-0.1, -0.05) is 18.2 Å². The van der Waals surface area contributed by atoms with Crippen LogP contribution in [0.4, 0.5) is 0 Å². The number of ether oxygens (including phenoxy) is 1. The molecule has 1 aromatic rings. The summed E-state index contributed by atoms with van der Waals surface area (Å²) >= 11 is 0. The minimum Gasteiger partial charge on any atom is -0.481 e. The Balaban J connectivity index is 1.97.